The van der Waals surface area contributed by atoms with Gasteiger partial charge in [-0.05, 0) is 13.1 Å². The van der Waals surface area contributed by atoms with Crippen LogP contribution in [-0.4, -0.2) is 58.6 Å². The second-order valence-electron chi connectivity index (χ2n) is 6.49. The monoisotopic (exact) mass is 372 g/mol. The fourth-order valence-electron chi connectivity index (χ4n) is 3.67. The number of piperazine rings is 1. The number of methoxy groups -OCH3 is 2. The molecule has 1 saturated heterocycles. The molecule has 4 rings (SSSR count). The van der Waals surface area contributed by atoms with Gasteiger partial charge in [0.05, 0.1) is 36.9 Å². The van der Waals surface area contributed by atoms with E-state index >= 15 is 0 Å². The number of likely N-dealkylation sites (N-methyl/N-ethyl adjacent to an activating group) is 1. The van der Waals surface area contributed by atoms with Crippen LogP contribution in [0.2, 0.25) is 0 Å². The van der Waals surface area contributed by atoms with Crippen molar-refractivity contribution in [3.05, 3.63) is 28.3 Å². The minimum atomic E-state index is -0.710. The third kappa shape index (κ3) is 2.56. The Balaban J connectivity index is 2.16. The van der Waals surface area contributed by atoms with Gasteiger partial charge in [0, 0.05) is 26.2 Å². The number of benzene rings is 1. The van der Waals surface area contributed by atoms with Gasteiger partial charge in [-0.3, -0.25) is 4.79 Å². The second kappa shape index (κ2) is 6.62. The van der Waals surface area contributed by atoms with Crippen molar-refractivity contribution in [3.63, 3.8) is 0 Å². The van der Waals surface area contributed by atoms with Gasteiger partial charge >= 0.3 is 5.63 Å². The van der Waals surface area contributed by atoms with Gasteiger partial charge in [-0.15, -0.1) is 0 Å². The Kier molecular flexibility index (Phi) is 4.27. The van der Waals surface area contributed by atoms with Gasteiger partial charge in [0.2, 0.25) is 5.75 Å². The number of aldehydes is 1. The molecule has 27 heavy (non-hydrogen) atoms. The van der Waals surface area contributed by atoms with Crippen molar-refractivity contribution in [1.82, 2.24) is 4.90 Å². The Hall–Kier alpha value is -3.00. The molecule has 0 amide bonds. The quantitative estimate of drug-likeness (QED) is 0.509. The maximum atomic E-state index is 12.6. The molecular formula is C19H20N2O6. The average Bonchev–Trinajstić information content (AvgIpc) is 3.15. The van der Waals surface area contributed by atoms with E-state index in [2.05, 4.69) is 4.90 Å². The highest BCUT2D eigenvalue weighted by Gasteiger charge is 2.29. The molecule has 0 N–H and O–H groups in total. The van der Waals surface area contributed by atoms with E-state index < -0.39 is 5.63 Å². The maximum absolute atomic E-state index is 12.6. The average molecular weight is 372 g/mol. The number of nitrogens with zero attached hydrogens (tertiary/aromatic N) is 2. The maximum Gasteiger partial charge on any atom is 0.349 e. The fourth-order valence-corrected chi connectivity index (χ4v) is 3.67. The molecule has 8 nitrogen and oxygen atoms in total. The first-order valence-corrected chi connectivity index (χ1v) is 8.61. The molecule has 3 heterocycles. The van der Waals surface area contributed by atoms with Crippen LogP contribution >= 0.6 is 0 Å². The Morgan fingerprint density at radius 2 is 1.78 bits per heavy atom. The highest BCUT2D eigenvalue weighted by molar-refractivity contribution is 6.13. The highest BCUT2D eigenvalue weighted by atomic mass is 16.5. The zero-order chi connectivity index (χ0) is 19.1. The molecule has 0 unspecified atom stereocenters. The molecule has 0 spiro atoms. The number of rotatable bonds is 4. The largest absolute Gasteiger partial charge is 0.495 e. The number of fused-ring (bicyclic) bond motifs is 2. The van der Waals surface area contributed by atoms with Crippen LogP contribution in [0.25, 0.3) is 21.9 Å². The van der Waals surface area contributed by atoms with Crippen molar-refractivity contribution in [2.24, 2.45) is 0 Å². The second-order valence-corrected chi connectivity index (χ2v) is 6.49. The lowest BCUT2D eigenvalue weighted by molar-refractivity contribution is 0.112. The number of hydrogen-bond acceptors (Lipinski definition) is 8. The summed E-state index contributed by atoms with van der Waals surface area (Å²) < 4.78 is 22.2. The molecule has 1 aliphatic rings. The fraction of sp³-hybridized carbons (Fsp3) is 0.368. The van der Waals surface area contributed by atoms with Crippen LogP contribution in [0.3, 0.4) is 0 Å². The molecule has 0 aliphatic carbocycles. The van der Waals surface area contributed by atoms with Crippen molar-refractivity contribution in [2.45, 2.75) is 0 Å². The van der Waals surface area contributed by atoms with E-state index in [0.29, 0.717) is 52.9 Å². The van der Waals surface area contributed by atoms with Crippen LogP contribution in [0.15, 0.2) is 26.0 Å². The minimum absolute atomic E-state index is 0.0183. The van der Waals surface area contributed by atoms with E-state index in [9.17, 15) is 9.59 Å². The van der Waals surface area contributed by atoms with Crippen LogP contribution in [0, 0.1) is 0 Å². The van der Waals surface area contributed by atoms with E-state index in [-0.39, 0.29) is 11.1 Å². The summed E-state index contributed by atoms with van der Waals surface area (Å²) in [6, 6.07) is 1.76. The summed E-state index contributed by atoms with van der Waals surface area (Å²) in [5.74, 6) is 0.783. The number of hydrogen-bond donors (Lipinski definition) is 0. The molecule has 0 saturated carbocycles. The lowest BCUT2D eigenvalue weighted by Gasteiger charge is -2.35. The third-order valence-corrected chi connectivity index (χ3v) is 5.03. The van der Waals surface area contributed by atoms with Crippen LogP contribution in [0.5, 0.6) is 11.5 Å². The first-order valence-electron chi connectivity index (χ1n) is 8.61. The molecule has 2 aromatic heterocycles. The van der Waals surface area contributed by atoms with Gasteiger partial charge in [0.1, 0.15) is 11.3 Å². The topological polar surface area (TPSA) is 85.4 Å². The van der Waals surface area contributed by atoms with Crippen molar-refractivity contribution in [2.75, 3.05) is 52.3 Å². The highest BCUT2D eigenvalue weighted by Crippen LogP contribution is 2.47. The smallest absolute Gasteiger partial charge is 0.349 e. The molecule has 1 fully saturated rings. The SMILES string of the molecule is COc1c2occc2c(OC)c2c(N3CCN(C)CC3)c(C=O)c(=O)oc12. The van der Waals surface area contributed by atoms with Crippen molar-refractivity contribution in [1.29, 1.82) is 0 Å². The van der Waals surface area contributed by atoms with Crippen molar-refractivity contribution < 1.29 is 23.1 Å². The summed E-state index contributed by atoms with van der Waals surface area (Å²) in [6.07, 6.45) is 2.06. The molecular weight excluding hydrogens is 352 g/mol. The van der Waals surface area contributed by atoms with E-state index in [1.54, 1.807) is 6.07 Å². The van der Waals surface area contributed by atoms with Gasteiger partial charge in [-0.1, -0.05) is 0 Å². The Labute approximate surface area is 154 Å². The van der Waals surface area contributed by atoms with Crippen molar-refractivity contribution >= 4 is 33.9 Å². The molecule has 0 atom stereocenters. The predicted octanol–water partition coefficient (Wildman–Crippen LogP) is 2.12. The molecule has 142 valence electrons. The van der Waals surface area contributed by atoms with Crippen LogP contribution in [-0.2, 0) is 0 Å². The summed E-state index contributed by atoms with van der Waals surface area (Å²) in [5, 5.41) is 1.22. The van der Waals surface area contributed by atoms with Crippen LogP contribution in [0.4, 0.5) is 5.69 Å². The van der Waals surface area contributed by atoms with Gasteiger partial charge in [-0.2, -0.15) is 0 Å². The first-order chi connectivity index (χ1) is 13.1. The molecule has 3 aromatic rings. The van der Waals surface area contributed by atoms with Gasteiger partial charge in [0.15, 0.2) is 17.5 Å². The Morgan fingerprint density at radius 3 is 2.41 bits per heavy atom. The van der Waals surface area contributed by atoms with E-state index in [1.807, 2.05) is 11.9 Å². The predicted molar refractivity (Wildman–Crippen MR) is 100 cm³/mol. The first kappa shape index (κ1) is 17.4. The lowest BCUT2D eigenvalue weighted by Crippen LogP contribution is -2.45. The van der Waals surface area contributed by atoms with Gasteiger partial charge in [-0.25, -0.2) is 4.79 Å². The molecule has 1 aliphatic heterocycles. The molecule has 1 aromatic carbocycles. The standard InChI is InChI=1S/C19H20N2O6/c1-20-5-7-21(8-6-20)14-12(10-22)19(23)27-17-13(14)15(24-2)11-4-9-26-16(11)18(17)25-3/h4,9-10H,5-8H2,1-3H3. The third-order valence-electron chi connectivity index (χ3n) is 5.03. The van der Waals surface area contributed by atoms with Crippen molar-refractivity contribution in [3.8, 4) is 11.5 Å². The van der Waals surface area contributed by atoms with E-state index in [4.69, 9.17) is 18.3 Å². The summed E-state index contributed by atoms with van der Waals surface area (Å²) in [4.78, 5) is 28.6. The zero-order valence-electron chi connectivity index (χ0n) is 15.4. The zero-order valence-corrected chi connectivity index (χ0v) is 15.4. The minimum Gasteiger partial charge on any atom is -0.495 e. The number of carbonyl (C=O) groups is 1. The van der Waals surface area contributed by atoms with Crippen LogP contribution in [0.1, 0.15) is 10.4 Å². The number of furan rings is 1. The summed E-state index contributed by atoms with van der Waals surface area (Å²) >= 11 is 0. The summed E-state index contributed by atoms with van der Waals surface area (Å²) in [7, 11) is 5.05. The Morgan fingerprint density at radius 1 is 1.07 bits per heavy atom. The Bertz CT molecular complexity index is 1080. The van der Waals surface area contributed by atoms with Gasteiger partial charge in [0.25, 0.3) is 0 Å². The normalized spacial score (nSPS) is 15.4. The molecule has 0 bridgehead atoms. The summed E-state index contributed by atoms with van der Waals surface area (Å²) in [5.41, 5.74) is 0.421. The van der Waals surface area contributed by atoms with E-state index in [1.165, 1.54) is 20.5 Å². The molecule has 0 radical (unpaired) electrons. The molecule has 8 heteroatoms. The summed E-state index contributed by atoms with van der Waals surface area (Å²) in [6.45, 7) is 2.97. The number of anilines is 1. The van der Waals surface area contributed by atoms with Gasteiger partial charge < -0.3 is 28.1 Å². The number of ether oxygens (including phenoxy) is 2. The number of carbonyl (C=O) groups excluding carboxylic acids is 1. The van der Waals surface area contributed by atoms with E-state index in [0.717, 1.165) is 13.1 Å². The lowest BCUT2D eigenvalue weighted by atomic mass is 10.0. The van der Waals surface area contributed by atoms with Crippen LogP contribution < -0.4 is 20.0 Å².